The van der Waals surface area contributed by atoms with Crippen LogP contribution in [0.2, 0.25) is 5.02 Å². The molecule has 10 heavy (non-hydrogen) atoms. The molecule has 1 heterocycles. The maximum Gasteiger partial charge on any atom is 0.129 e. The van der Waals surface area contributed by atoms with Gasteiger partial charge in [-0.1, -0.05) is 11.6 Å². The molecule has 2 N–H and O–H groups in total. The van der Waals surface area contributed by atoms with Crippen LogP contribution in [0.3, 0.4) is 0 Å². The van der Waals surface area contributed by atoms with Gasteiger partial charge in [0.05, 0.1) is 5.02 Å². The zero-order chi connectivity index (χ0) is 7.40. The molecule has 0 unspecified atom stereocenters. The van der Waals surface area contributed by atoms with Crippen LogP contribution in [0.4, 0.5) is 0 Å². The highest BCUT2D eigenvalue weighted by molar-refractivity contribution is 6.30. The normalized spacial score (nSPS) is 9.80. The quantitative estimate of drug-likeness (QED) is 0.685. The van der Waals surface area contributed by atoms with Crippen molar-refractivity contribution in [3.63, 3.8) is 0 Å². The van der Waals surface area contributed by atoms with E-state index in [0.717, 1.165) is 5.82 Å². The van der Waals surface area contributed by atoms with Crippen LogP contribution in [0.5, 0.6) is 0 Å². The fourth-order valence-corrected chi connectivity index (χ4v) is 0.695. The van der Waals surface area contributed by atoms with E-state index >= 15 is 0 Å². The van der Waals surface area contributed by atoms with Gasteiger partial charge in [0, 0.05) is 18.8 Å². The van der Waals surface area contributed by atoms with Crippen LogP contribution >= 0.6 is 11.6 Å². The molecule has 1 aromatic rings. The summed E-state index contributed by atoms with van der Waals surface area (Å²) in [4.78, 5) is 7.89. The Bertz CT molecular complexity index is 197. The molecule has 0 aliphatic heterocycles. The van der Waals surface area contributed by atoms with Gasteiger partial charge in [0.2, 0.25) is 0 Å². The van der Waals surface area contributed by atoms with Crippen molar-refractivity contribution < 1.29 is 0 Å². The average Bonchev–Trinajstić information content (AvgIpc) is 1.95. The van der Waals surface area contributed by atoms with Gasteiger partial charge < -0.3 is 5.73 Å². The topological polar surface area (TPSA) is 51.8 Å². The van der Waals surface area contributed by atoms with Crippen molar-refractivity contribution in [2.75, 3.05) is 6.54 Å². The number of nitrogens with zero attached hydrogens (tertiary/aromatic N) is 2. The molecule has 0 amide bonds. The number of aromatic nitrogens is 2. The lowest BCUT2D eigenvalue weighted by Crippen LogP contribution is -2.05. The molecule has 0 aliphatic carbocycles. The van der Waals surface area contributed by atoms with E-state index in [1.165, 1.54) is 0 Å². The predicted molar refractivity (Wildman–Crippen MR) is 39.8 cm³/mol. The van der Waals surface area contributed by atoms with Crippen LogP contribution in [0, 0.1) is 0 Å². The average molecular weight is 158 g/mol. The second-order valence-electron chi connectivity index (χ2n) is 1.86. The van der Waals surface area contributed by atoms with Crippen LogP contribution < -0.4 is 5.73 Å². The number of rotatable bonds is 2. The molecule has 4 heteroatoms. The molecule has 0 aliphatic rings. The third-order valence-corrected chi connectivity index (χ3v) is 1.24. The summed E-state index contributed by atoms with van der Waals surface area (Å²) in [5.41, 5.74) is 5.29. The van der Waals surface area contributed by atoms with Crippen molar-refractivity contribution in [1.82, 2.24) is 9.97 Å². The van der Waals surface area contributed by atoms with E-state index in [-0.39, 0.29) is 0 Å². The first-order valence-electron chi connectivity index (χ1n) is 2.99. The summed E-state index contributed by atoms with van der Waals surface area (Å²) in [6.45, 7) is 0.571. The Labute approximate surface area is 64.2 Å². The number of hydrogen-bond donors (Lipinski definition) is 1. The molecule has 1 aromatic heterocycles. The van der Waals surface area contributed by atoms with E-state index in [9.17, 15) is 0 Å². The minimum Gasteiger partial charge on any atom is -0.330 e. The fourth-order valence-electron chi connectivity index (χ4n) is 0.597. The molecule has 0 aromatic carbocycles. The van der Waals surface area contributed by atoms with Crippen LogP contribution in [0.25, 0.3) is 0 Å². The summed E-state index contributed by atoms with van der Waals surface area (Å²) in [5.74, 6) is 0.743. The lowest BCUT2D eigenvalue weighted by atomic mass is 10.4. The van der Waals surface area contributed by atoms with Crippen LogP contribution in [-0.2, 0) is 6.42 Å². The first kappa shape index (κ1) is 7.44. The summed E-state index contributed by atoms with van der Waals surface area (Å²) in [5, 5.41) is 0.556. The van der Waals surface area contributed by atoms with Gasteiger partial charge in [-0.25, -0.2) is 9.97 Å². The molecule has 0 fully saturated rings. The van der Waals surface area contributed by atoms with Crippen LogP contribution in [0.15, 0.2) is 12.4 Å². The SMILES string of the molecule is NCCc1ncc(Cl)cn1. The van der Waals surface area contributed by atoms with E-state index in [4.69, 9.17) is 17.3 Å². The van der Waals surface area contributed by atoms with Crippen molar-refractivity contribution in [3.05, 3.63) is 23.2 Å². The third-order valence-electron chi connectivity index (χ3n) is 1.04. The summed E-state index contributed by atoms with van der Waals surface area (Å²) in [6, 6.07) is 0. The molecule has 0 radical (unpaired) electrons. The van der Waals surface area contributed by atoms with E-state index in [2.05, 4.69) is 9.97 Å². The Morgan fingerprint density at radius 2 is 2.00 bits per heavy atom. The highest BCUT2D eigenvalue weighted by Gasteiger charge is 1.92. The Morgan fingerprint density at radius 1 is 1.40 bits per heavy atom. The highest BCUT2D eigenvalue weighted by Crippen LogP contribution is 2.02. The van der Waals surface area contributed by atoms with Crippen LogP contribution in [-0.4, -0.2) is 16.5 Å². The van der Waals surface area contributed by atoms with Gasteiger partial charge in [0.1, 0.15) is 5.82 Å². The van der Waals surface area contributed by atoms with E-state index in [0.29, 0.717) is 18.0 Å². The molecule has 0 atom stereocenters. The van der Waals surface area contributed by atoms with Gasteiger partial charge in [-0.2, -0.15) is 0 Å². The van der Waals surface area contributed by atoms with Crippen molar-refractivity contribution in [2.45, 2.75) is 6.42 Å². The van der Waals surface area contributed by atoms with Crippen molar-refractivity contribution in [1.29, 1.82) is 0 Å². The first-order valence-corrected chi connectivity index (χ1v) is 3.37. The largest absolute Gasteiger partial charge is 0.330 e. The van der Waals surface area contributed by atoms with Gasteiger partial charge in [0.15, 0.2) is 0 Å². The fraction of sp³-hybridized carbons (Fsp3) is 0.333. The maximum atomic E-state index is 5.56. The maximum absolute atomic E-state index is 5.56. The monoisotopic (exact) mass is 157 g/mol. The van der Waals surface area contributed by atoms with Crippen LogP contribution in [0.1, 0.15) is 5.82 Å². The minimum atomic E-state index is 0.556. The third kappa shape index (κ3) is 1.93. The van der Waals surface area contributed by atoms with E-state index < -0.39 is 0 Å². The highest BCUT2D eigenvalue weighted by atomic mass is 35.5. The Hall–Kier alpha value is -0.670. The Kier molecular flexibility index (Phi) is 2.59. The zero-order valence-electron chi connectivity index (χ0n) is 5.42. The first-order chi connectivity index (χ1) is 4.83. The molecular weight excluding hydrogens is 150 g/mol. The molecule has 0 saturated heterocycles. The number of halogens is 1. The molecule has 1 rings (SSSR count). The molecule has 3 nitrogen and oxygen atoms in total. The zero-order valence-corrected chi connectivity index (χ0v) is 6.17. The standard InChI is InChI=1S/C6H8ClN3/c7-5-3-9-6(1-2-8)10-4-5/h3-4H,1-2,8H2. The summed E-state index contributed by atoms with van der Waals surface area (Å²) >= 11 is 5.56. The lowest BCUT2D eigenvalue weighted by Gasteiger charge is -1.94. The lowest BCUT2D eigenvalue weighted by molar-refractivity contribution is 0.867. The molecule has 0 spiro atoms. The molecular formula is C6H8ClN3. The van der Waals surface area contributed by atoms with E-state index in [1.54, 1.807) is 12.4 Å². The van der Waals surface area contributed by atoms with Crippen molar-refractivity contribution >= 4 is 11.6 Å². The molecule has 0 bridgehead atoms. The van der Waals surface area contributed by atoms with Gasteiger partial charge in [-0.15, -0.1) is 0 Å². The van der Waals surface area contributed by atoms with Gasteiger partial charge in [0.25, 0.3) is 0 Å². The predicted octanol–water partition coefficient (Wildman–Crippen LogP) is 0.631. The summed E-state index contributed by atoms with van der Waals surface area (Å²) in [6.07, 6.45) is 3.84. The van der Waals surface area contributed by atoms with Gasteiger partial charge in [-0.3, -0.25) is 0 Å². The number of hydrogen-bond acceptors (Lipinski definition) is 3. The second kappa shape index (κ2) is 3.49. The van der Waals surface area contributed by atoms with Gasteiger partial charge in [-0.05, 0) is 6.54 Å². The smallest absolute Gasteiger partial charge is 0.129 e. The van der Waals surface area contributed by atoms with Crippen molar-refractivity contribution in [3.8, 4) is 0 Å². The molecule has 54 valence electrons. The summed E-state index contributed by atoms with van der Waals surface area (Å²) in [7, 11) is 0. The second-order valence-corrected chi connectivity index (χ2v) is 2.29. The Morgan fingerprint density at radius 3 is 2.50 bits per heavy atom. The minimum absolute atomic E-state index is 0.556. The Balaban J connectivity index is 2.69. The summed E-state index contributed by atoms with van der Waals surface area (Å²) < 4.78 is 0. The molecule has 0 saturated carbocycles. The van der Waals surface area contributed by atoms with Gasteiger partial charge >= 0.3 is 0 Å². The number of nitrogens with two attached hydrogens (primary N) is 1. The van der Waals surface area contributed by atoms with E-state index in [1.807, 2.05) is 0 Å². The van der Waals surface area contributed by atoms with Crippen molar-refractivity contribution in [2.24, 2.45) is 5.73 Å².